The van der Waals surface area contributed by atoms with E-state index in [0.29, 0.717) is 50.8 Å². The quantitative estimate of drug-likeness (QED) is 0.235. The Morgan fingerprint density at radius 3 is 1.44 bits per heavy atom. The van der Waals surface area contributed by atoms with E-state index < -0.39 is 11.8 Å². The lowest BCUT2D eigenvalue weighted by Crippen LogP contribution is -2.18. The average Bonchev–Trinajstić information content (AvgIpc) is 3.45. The fraction of sp³-hybridized carbons (Fsp3) is 0. The maximum atomic E-state index is 12.7. The third-order valence-electron chi connectivity index (χ3n) is 4.55. The van der Waals surface area contributed by atoms with Gasteiger partial charge in [-0.3, -0.25) is 20.2 Å². The first-order chi connectivity index (χ1) is 16.3. The summed E-state index contributed by atoms with van der Waals surface area (Å²) < 4.78 is 1.31. The molecular weight excluding hydrogens is 560 g/mol. The molecule has 0 unspecified atom stereocenters. The summed E-state index contributed by atoms with van der Waals surface area (Å²) in [5.74, 6) is -1.08. The fourth-order valence-corrected chi connectivity index (χ4v) is 5.84. The number of nitrogens with zero attached hydrogens (tertiary/aromatic N) is 3. The zero-order valence-electron chi connectivity index (χ0n) is 16.5. The number of hydrogen-bond acceptors (Lipinski definition) is 7. The predicted molar refractivity (Wildman–Crippen MR) is 139 cm³/mol. The normalized spacial score (nSPS) is 11.2. The monoisotopic (exact) mass is 567 g/mol. The molecule has 0 aliphatic carbocycles. The van der Waals surface area contributed by atoms with Gasteiger partial charge in [-0.15, -0.1) is 0 Å². The lowest BCUT2D eigenvalue weighted by molar-refractivity contribution is 0.101. The van der Waals surface area contributed by atoms with Crippen LogP contribution in [0.3, 0.4) is 0 Å². The second-order valence-corrected chi connectivity index (χ2v) is 10.4. The van der Waals surface area contributed by atoms with Crippen LogP contribution < -0.4 is 10.6 Å². The Bertz CT molecular complexity index is 1420. The van der Waals surface area contributed by atoms with Gasteiger partial charge in [-0.1, -0.05) is 75.1 Å². The number of hydrogen-bond donors (Lipinski definition) is 2. The van der Waals surface area contributed by atoms with Crippen LogP contribution in [0.4, 0.5) is 10.3 Å². The summed E-state index contributed by atoms with van der Waals surface area (Å²) in [6, 6.07) is 11.1. The first-order valence-corrected chi connectivity index (χ1v) is 12.5. The van der Waals surface area contributed by atoms with Gasteiger partial charge in [0.15, 0.2) is 10.3 Å². The first-order valence-electron chi connectivity index (χ1n) is 9.39. The van der Waals surface area contributed by atoms with Gasteiger partial charge in [0.25, 0.3) is 11.8 Å². The molecule has 0 aliphatic rings. The number of aromatic nitrogens is 3. The number of carbonyl (C=O) groups is 2. The van der Waals surface area contributed by atoms with Crippen molar-refractivity contribution >= 4 is 112 Å². The lowest BCUT2D eigenvalue weighted by Gasteiger charge is -2.04. The van der Waals surface area contributed by atoms with Gasteiger partial charge < -0.3 is 0 Å². The molecule has 3 heterocycles. The van der Waals surface area contributed by atoms with Gasteiger partial charge in [0, 0.05) is 0 Å². The van der Waals surface area contributed by atoms with E-state index in [2.05, 4.69) is 25.6 Å². The molecule has 0 radical (unpaired) electrons. The molecular formula is C21H9Cl4N5O2S2. The first kappa shape index (κ1) is 23.2. The molecule has 0 bridgehead atoms. The van der Waals surface area contributed by atoms with Gasteiger partial charge in [-0.2, -0.15) is 0 Å². The van der Waals surface area contributed by atoms with E-state index in [1.54, 1.807) is 30.3 Å². The van der Waals surface area contributed by atoms with E-state index in [9.17, 15) is 9.59 Å². The zero-order chi connectivity index (χ0) is 24.0. The Hall–Kier alpha value is -2.53. The summed E-state index contributed by atoms with van der Waals surface area (Å²) in [5, 5.41) is 7.73. The van der Waals surface area contributed by atoms with Crippen LogP contribution in [0.5, 0.6) is 0 Å². The van der Waals surface area contributed by atoms with Crippen molar-refractivity contribution < 1.29 is 9.59 Å². The molecule has 2 N–H and O–H groups in total. The van der Waals surface area contributed by atoms with E-state index in [4.69, 9.17) is 46.4 Å². The summed E-state index contributed by atoms with van der Waals surface area (Å²) in [6.07, 6.45) is 0. The second-order valence-electron chi connectivity index (χ2n) is 6.77. The van der Waals surface area contributed by atoms with Crippen molar-refractivity contribution in [2.45, 2.75) is 0 Å². The molecule has 2 amide bonds. The minimum atomic E-state index is -0.542. The molecule has 34 heavy (non-hydrogen) atoms. The number of anilines is 2. The van der Waals surface area contributed by atoms with Crippen molar-refractivity contribution in [2.75, 3.05) is 10.6 Å². The van der Waals surface area contributed by atoms with Crippen LogP contribution in [0.15, 0.2) is 42.5 Å². The number of carbonyl (C=O) groups excluding carboxylic acids is 2. The number of nitrogens with one attached hydrogen (secondary N) is 2. The number of pyridine rings is 1. The van der Waals surface area contributed by atoms with Crippen molar-refractivity contribution in [1.82, 2.24) is 15.0 Å². The Kier molecular flexibility index (Phi) is 6.32. The van der Waals surface area contributed by atoms with Crippen LogP contribution in [0.2, 0.25) is 20.1 Å². The molecule has 2 aromatic carbocycles. The van der Waals surface area contributed by atoms with Gasteiger partial charge in [-0.05, 0) is 36.4 Å². The average molecular weight is 569 g/mol. The molecule has 13 heteroatoms. The summed E-state index contributed by atoms with van der Waals surface area (Å²) in [5.41, 5.74) is 1.04. The van der Waals surface area contributed by atoms with Crippen molar-refractivity contribution in [3.8, 4) is 0 Å². The van der Waals surface area contributed by atoms with E-state index in [0.717, 1.165) is 0 Å². The molecule has 0 saturated heterocycles. The largest absolute Gasteiger partial charge is 0.296 e. The third kappa shape index (κ3) is 4.43. The van der Waals surface area contributed by atoms with Gasteiger partial charge in [0.05, 0.1) is 29.5 Å². The Labute approximate surface area is 219 Å². The van der Waals surface area contributed by atoms with Crippen LogP contribution in [-0.2, 0) is 0 Å². The zero-order valence-corrected chi connectivity index (χ0v) is 21.2. The van der Waals surface area contributed by atoms with Crippen LogP contribution in [0.25, 0.3) is 20.4 Å². The Balaban J connectivity index is 1.36. The molecule has 170 valence electrons. The number of halogens is 4. The van der Waals surface area contributed by atoms with E-state index >= 15 is 0 Å². The summed E-state index contributed by atoms with van der Waals surface area (Å²) in [7, 11) is 0. The highest BCUT2D eigenvalue weighted by Gasteiger charge is 2.18. The second kappa shape index (κ2) is 9.26. The summed E-state index contributed by atoms with van der Waals surface area (Å²) >= 11 is 27.1. The van der Waals surface area contributed by atoms with E-state index in [1.165, 1.54) is 34.8 Å². The topological polar surface area (TPSA) is 96.9 Å². The Morgan fingerprint density at radius 1 is 0.618 bits per heavy atom. The number of rotatable bonds is 4. The smallest absolute Gasteiger partial charge is 0.276 e. The van der Waals surface area contributed by atoms with Gasteiger partial charge in [0.1, 0.15) is 22.4 Å². The van der Waals surface area contributed by atoms with Crippen LogP contribution in [0, 0.1) is 0 Å². The SMILES string of the molecule is O=C(Nc1nc2c(Cl)ccc(Cl)c2s1)c1cccc(C(=O)Nc2nc3c(Cl)ccc(Cl)c3s2)n1. The minimum Gasteiger partial charge on any atom is -0.296 e. The fourth-order valence-electron chi connectivity index (χ4n) is 3.01. The summed E-state index contributed by atoms with van der Waals surface area (Å²) in [4.78, 5) is 38.3. The standard InChI is InChI=1S/C21H9Cl4N5O2S2/c22-8-4-6-10(24)16-14(8)27-20(33-16)29-18(31)12-2-1-3-13(26-12)19(32)30-21-28-15-9(23)5-7-11(25)17(15)34-21/h1-7H,(H,27,29,31)(H,28,30,32). The molecule has 5 aromatic rings. The van der Waals surface area contributed by atoms with Crippen LogP contribution >= 0.6 is 69.1 Å². The van der Waals surface area contributed by atoms with Crippen molar-refractivity contribution in [3.63, 3.8) is 0 Å². The van der Waals surface area contributed by atoms with Gasteiger partial charge in [0.2, 0.25) is 0 Å². The maximum absolute atomic E-state index is 12.7. The van der Waals surface area contributed by atoms with Gasteiger partial charge >= 0.3 is 0 Å². The number of fused-ring (bicyclic) bond motifs is 2. The Morgan fingerprint density at radius 2 is 1.03 bits per heavy atom. The highest BCUT2D eigenvalue weighted by molar-refractivity contribution is 7.23. The van der Waals surface area contributed by atoms with Crippen molar-refractivity contribution in [2.24, 2.45) is 0 Å². The maximum Gasteiger partial charge on any atom is 0.276 e. The molecule has 0 aliphatic heterocycles. The molecule has 0 atom stereocenters. The molecule has 0 saturated carbocycles. The van der Waals surface area contributed by atoms with Crippen molar-refractivity contribution in [1.29, 1.82) is 0 Å². The molecule has 3 aromatic heterocycles. The number of amides is 2. The molecule has 7 nitrogen and oxygen atoms in total. The van der Waals surface area contributed by atoms with E-state index in [-0.39, 0.29) is 11.4 Å². The van der Waals surface area contributed by atoms with Gasteiger partial charge in [-0.25, -0.2) is 15.0 Å². The summed E-state index contributed by atoms with van der Waals surface area (Å²) in [6.45, 7) is 0. The number of benzene rings is 2. The lowest BCUT2D eigenvalue weighted by atomic mass is 10.3. The third-order valence-corrected chi connectivity index (χ3v) is 8.02. The van der Waals surface area contributed by atoms with Crippen LogP contribution in [0.1, 0.15) is 21.0 Å². The number of thiazole rings is 2. The van der Waals surface area contributed by atoms with Crippen LogP contribution in [-0.4, -0.2) is 26.8 Å². The highest BCUT2D eigenvalue weighted by Crippen LogP contribution is 2.37. The molecule has 0 fully saturated rings. The minimum absolute atomic E-state index is 0.0273. The molecule has 0 spiro atoms. The van der Waals surface area contributed by atoms with E-state index in [1.807, 2.05) is 0 Å². The predicted octanol–water partition coefficient (Wildman–Crippen LogP) is 7.42. The molecule has 5 rings (SSSR count). The highest BCUT2D eigenvalue weighted by atomic mass is 35.5. The van der Waals surface area contributed by atoms with Crippen molar-refractivity contribution in [3.05, 3.63) is 73.9 Å².